The van der Waals surface area contributed by atoms with Crippen LogP contribution in [0.2, 0.25) is 5.02 Å². The summed E-state index contributed by atoms with van der Waals surface area (Å²) < 4.78 is 28.8. The fourth-order valence-electron chi connectivity index (χ4n) is 2.04. The maximum absolute atomic E-state index is 12.4. The summed E-state index contributed by atoms with van der Waals surface area (Å²) in [6, 6.07) is 4.55. The highest BCUT2D eigenvalue weighted by Crippen LogP contribution is 2.23. The van der Waals surface area contributed by atoms with Crippen LogP contribution < -0.4 is 4.72 Å². The lowest BCUT2D eigenvalue weighted by Gasteiger charge is -2.09. The van der Waals surface area contributed by atoms with Crippen LogP contribution >= 0.6 is 27.5 Å². The van der Waals surface area contributed by atoms with Gasteiger partial charge in [0, 0.05) is 16.5 Å². The van der Waals surface area contributed by atoms with Gasteiger partial charge in [0.2, 0.25) is 0 Å². The first kappa shape index (κ1) is 17.0. The van der Waals surface area contributed by atoms with Crippen molar-refractivity contribution in [3.63, 3.8) is 0 Å². The van der Waals surface area contributed by atoms with Gasteiger partial charge in [-0.3, -0.25) is 9.48 Å². The summed E-state index contributed by atoms with van der Waals surface area (Å²) in [6.07, 6.45) is 0. The fourth-order valence-corrected chi connectivity index (χ4v) is 4.05. The molecule has 0 spiro atoms. The van der Waals surface area contributed by atoms with E-state index in [1.54, 1.807) is 33.0 Å². The molecule has 1 aromatic carbocycles. The second kappa shape index (κ2) is 6.02. The minimum absolute atomic E-state index is 0.00139. The van der Waals surface area contributed by atoms with E-state index in [-0.39, 0.29) is 10.5 Å². The Morgan fingerprint density at radius 2 is 2.00 bits per heavy atom. The van der Waals surface area contributed by atoms with Crippen LogP contribution in [0.15, 0.2) is 27.6 Å². The minimum Gasteiger partial charge on any atom is -0.271 e. The number of halogens is 2. The Bertz CT molecular complexity index is 862. The zero-order valence-corrected chi connectivity index (χ0v) is 15.2. The number of hydrogen-bond acceptors (Lipinski definition) is 4. The van der Waals surface area contributed by atoms with E-state index >= 15 is 0 Å². The normalized spacial score (nSPS) is 11.5. The molecule has 0 aliphatic heterocycles. The molecular weight excluding hydrogens is 394 g/mol. The molecule has 0 radical (unpaired) electrons. The zero-order chi connectivity index (χ0) is 16.7. The number of aromatic nitrogens is 2. The highest BCUT2D eigenvalue weighted by atomic mass is 79.9. The van der Waals surface area contributed by atoms with Gasteiger partial charge in [-0.25, -0.2) is 13.1 Å². The van der Waals surface area contributed by atoms with Crippen LogP contribution in [0.4, 0.5) is 0 Å². The average Bonchev–Trinajstić information content (AvgIpc) is 2.65. The first-order chi connectivity index (χ1) is 10.1. The molecule has 0 fully saturated rings. The quantitative estimate of drug-likeness (QED) is 0.849. The number of benzene rings is 1. The molecule has 6 nitrogen and oxygen atoms in total. The van der Waals surface area contributed by atoms with Gasteiger partial charge in [0.1, 0.15) is 4.90 Å². The van der Waals surface area contributed by atoms with Gasteiger partial charge in [-0.2, -0.15) is 5.10 Å². The average molecular weight is 407 g/mol. The number of carbonyl (C=O) groups excluding carboxylic acids is 1. The van der Waals surface area contributed by atoms with Crippen molar-refractivity contribution in [2.24, 2.45) is 7.05 Å². The first-order valence-corrected chi connectivity index (χ1v) is 8.81. The number of nitrogens with one attached hydrogen (secondary N) is 1. The van der Waals surface area contributed by atoms with Crippen molar-refractivity contribution >= 4 is 43.5 Å². The summed E-state index contributed by atoms with van der Waals surface area (Å²) in [7, 11) is -2.39. The number of nitrogens with zero attached hydrogens (tertiary/aromatic N) is 2. The zero-order valence-electron chi connectivity index (χ0n) is 12.0. The van der Waals surface area contributed by atoms with Crippen molar-refractivity contribution in [2.45, 2.75) is 18.7 Å². The van der Waals surface area contributed by atoms with E-state index in [1.165, 1.54) is 10.7 Å². The molecule has 1 aromatic heterocycles. The molecule has 0 atom stereocenters. The van der Waals surface area contributed by atoms with Gasteiger partial charge < -0.3 is 0 Å². The molecule has 9 heteroatoms. The van der Waals surface area contributed by atoms with E-state index in [4.69, 9.17) is 11.6 Å². The number of hydrogen-bond donors (Lipinski definition) is 1. The third kappa shape index (κ3) is 3.18. The molecule has 1 amide bonds. The van der Waals surface area contributed by atoms with Crippen molar-refractivity contribution in [2.75, 3.05) is 0 Å². The van der Waals surface area contributed by atoms with Gasteiger partial charge in [0.25, 0.3) is 15.9 Å². The third-order valence-corrected chi connectivity index (χ3v) is 5.62. The fraction of sp³-hybridized carbons (Fsp3) is 0.231. The van der Waals surface area contributed by atoms with Gasteiger partial charge in [-0.15, -0.1) is 0 Å². The maximum Gasteiger partial charge on any atom is 0.267 e. The Labute approximate surface area is 141 Å². The standard InChI is InChI=1S/C13H13BrClN3O3S/c1-7-12(8(2)18(3)16-7)22(20,21)17-13(19)10-6-9(15)4-5-11(10)14/h4-6H,1-3H3,(H,17,19). The molecule has 1 heterocycles. The second-order valence-corrected chi connectivity index (χ2v) is 7.59. The van der Waals surface area contributed by atoms with Crippen molar-refractivity contribution in [1.29, 1.82) is 0 Å². The van der Waals surface area contributed by atoms with Crippen LogP contribution in [0.25, 0.3) is 0 Å². The van der Waals surface area contributed by atoms with Gasteiger partial charge in [-0.1, -0.05) is 11.6 Å². The van der Waals surface area contributed by atoms with Crippen LogP contribution in [0.1, 0.15) is 21.7 Å². The topological polar surface area (TPSA) is 81.1 Å². The third-order valence-electron chi connectivity index (χ3n) is 3.11. The molecule has 118 valence electrons. The predicted octanol–water partition coefficient (Wildman–Crippen LogP) is 2.57. The molecule has 0 unspecified atom stereocenters. The lowest BCUT2D eigenvalue weighted by molar-refractivity contribution is 0.0980. The van der Waals surface area contributed by atoms with E-state index in [0.29, 0.717) is 20.9 Å². The van der Waals surface area contributed by atoms with Crippen molar-refractivity contribution in [3.05, 3.63) is 44.6 Å². The van der Waals surface area contributed by atoms with Gasteiger partial charge in [0.15, 0.2) is 0 Å². The Kier molecular flexibility index (Phi) is 4.65. The molecule has 2 aromatic rings. The van der Waals surface area contributed by atoms with E-state index in [1.807, 2.05) is 4.72 Å². The highest BCUT2D eigenvalue weighted by Gasteiger charge is 2.26. The molecule has 0 saturated carbocycles. The number of amides is 1. The van der Waals surface area contributed by atoms with Crippen LogP contribution in [0.5, 0.6) is 0 Å². The van der Waals surface area contributed by atoms with Crippen molar-refractivity contribution in [1.82, 2.24) is 14.5 Å². The summed E-state index contributed by atoms with van der Waals surface area (Å²) in [5.74, 6) is -0.767. The van der Waals surface area contributed by atoms with Crippen LogP contribution in [0.3, 0.4) is 0 Å². The van der Waals surface area contributed by atoms with Crippen molar-refractivity contribution < 1.29 is 13.2 Å². The summed E-state index contributed by atoms with van der Waals surface area (Å²) in [4.78, 5) is 12.2. The second-order valence-electron chi connectivity index (χ2n) is 4.68. The number of aryl methyl sites for hydroxylation is 2. The predicted molar refractivity (Wildman–Crippen MR) is 86.5 cm³/mol. The lowest BCUT2D eigenvalue weighted by atomic mass is 10.2. The van der Waals surface area contributed by atoms with Crippen LogP contribution in [-0.4, -0.2) is 24.1 Å². The lowest BCUT2D eigenvalue weighted by Crippen LogP contribution is -2.31. The van der Waals surface area contributed by atoms with Crippen molar-refractivity contribution in [3.8, 4) is 0 Å². The Hall–Kier alpha value is -1.38. The monoisotopic (exact) mass is 405 g/mol. The molecule has 1 N–H and O–H groups in total. The molecule has 0 aliphatic rings. The van der Waals surface area contributed by atoms with Crippen LogP contribution in [-0.2, 0) is 17.1 Å². The number of sulfonamides is 1. The van der Waals surface area contributed by atoms with Crippen LogP contribution in [0, 0.1) is 13.8 Å². The molecular formula is C13H13BrClN3O3S. The van der Waals surface area contributed by atoms with E-state index < -0.39 is 15.9 Å². The largest absolute Gasteiger partial charge is 0.271 e. The minimum atomic E-state index is -4.02. The summed E-state index contributed by atoms with van der Waals surface area (Å²) >= 11 is 9.04. The Morgan fingerprint density at radius 3 is 2.55 bits per heavy atom. The van der Waals surface area contributed by atoms with Gasteiger partial charge in [-0.05, 0) is 48.0 Å². The number of rotatable bonds is 3. The molecule has 0 aliphatic carbocycles. The van der Waals surface area contributed by atoms with E-state index in [9.17, 15) is 13.2 Å². The smallest absolute Gasteiger partial charge is 0.267 e. The maximum atomic E-state index is 12.4. The Morgan fingerprint density at radius 1 is 1.36 bits per heavy atom. The molecule has 0 saturated heterocycles. The Balaban J connectivity index is 2.41. The molecule has 0 bridgehead atoms. The summed E-state index contributed by atoms with van der Waals surface area (Å²) in [6.45, 7) is 3.19. The number of carbonyl (C=O) groups is 1. The van der Waals surface area contributed by atoms with Gasteiger partial charge >= 0.3 is 0 Å². The van der Waals surface area contributed by atoms with E-state index in [0.717, 1.165) is 0 Å². The van der Waals surface area contributed by atoms with Gasteiger partial charge in [0.05, 0.1) is 17.0 Å². The highest BCUT2D eigenvalue weighted by molar-refractivity contribution is 9.10. The molecule has 22 heavy (non-hydrogen) atoms. The SMILES string of the molecule is Cc1nn(C)c(C)c1S(=O)(=O)NC(=O)c1cc(Cl)ccc1Br. The summed E-state index contributed by atoms with van der Waals surface area (Å²) in [5.41, 5.74) is 0.906. The first-order valence-electron chi connectivity index (χ1n) is 6.16. The summed E-state index contributed by atoms with van der Waals surface area (Å²) in [5, 5.41) is 4.38. The van der Waals surface area contributed by atoms with E-state index in [2.05, 4.69) is 21.0 Å². The molecule has 2 rings (SSSR count).